The number of hydrogen-bond donors (Lipinski definition) is 1. The number of amides is 1. The van der Waals surface area contributed by atoms with Crippen molar-refractivity contribution in [1.29, 1.82) is 0 Å². The molecule has 0 fully saturated rings. The molecule has 0 radical (unpaired) electrons. The average molecular weight is 279 g/mol. The lowest BCUT2D eigenvalue weighted by molar-refractivity contribution is -0.136. The molecule has 0 saturated heterocycles. The summed E-state index contributed by atoms with van der Waals surface area (Å²) in [7, 11) is 1.79. The van der Waals surface area contributed by atoms with Crippen LogP contribution >= 0.6 is 12.2 Å². The van der Waals surface area contributed by atoms with Crippen LogP contribution in [0.25, 0.3) is 0 Å². The van der Waals surface area contributed by atoms with E-state index >= 15 is 0 Å². The van der Waals surface area contributed by atoms with Gasteiger partial charge in [-0.1, -0.05) is 19.1 Å². The molecule has 0 aliphatic rings. The highest BCUT2D eigenvalue weighted by molar-refractivity contribution is 7.80. The summed E-state index contributed by atoms with van der Waals surface area (Å²) in [5.41, 5.74) is 6.11. The third-order valence-corrected chi connectivity index (χ3v) is 4.01. The van der Waals surface area contributed by atoms with E-state index in [1.54, 1.807) is 31.3 Å². The van der Waals surface area contributed by atoms with Gasteiger partial charge in [-0.15, -0.1) is 0 Å². The Hall–Kier alpha value is -1.49. The van der Waals surface area contributed by atoms with E-state index in [4.69, 9.17) is 18.0 Å². The lowest BCUT2D eigenvalue weighted by Crippen LogP contribution is -2.47. The van der Waals surface area contributed by atoms with Crippen molar-refractivity contribution in [1.82, 2.24) is 9.88 Å². The van der Waals surface area contributed by atoms with E-state index in [2.05, 4.69) is 4.98 Å². The Labute approximate surface area is 120 Å². The molecule has 5 heteroatoms. The molecule has 1 aromatic rings. The molecule has 1 amide bonds. The van der Waals surface area contributed by atoms with Crippen molar-refractivity contribution in [2.75, 3.05) is 13.6 Å². The van der Waals surface area contributed by atoms with Gasteiger partial charge in [-0.25, -0.2) is 0 Å². The Morgan fingerprint density at radius 3 is 2.53 bits per heavy atom. The number of nitrogens with two attached hydrogens (primary N) is 1. The fraction of sp³-hybridized carbons (Fsp3) is 0.500. The molecular formula is C14H21N3OS. The number of nitrogens with zero attached hydrogens (tertiary/aromatic N) is 2. The van der Waals surface area contributed by atoms with Gasteiger partial charge in [0.15, 0.2) is 0 Å². The quantitative estimate of drug-likeness (QED) is 0.807. The van der Waals surface area contributed by atoms with Crippen LogP contribution < -0.4 is 5.73 Å². The van der Waals surface area contributed by atoms with Gasteiger partial charge in [0.05, 0.1) is 10.4 Å². The number of thiocarbonyl (C=S) groups is 1. The normalized spacial score (nSPS) is 13.6. The Balaban J connectivity index is 2.65. The number of hydrogen-bond acceptors (Lipinski definition) is 3. The molecule has 1 rings (SSSR count). The predicted molar refractivity (Wildman–Crippen MR) is 80.8 cm³/mol. The van der Waals surface area contributed by atoms with E-state index < -0.39 is 5.41 Å². The van der Waals surface area contributed by atoms with Gasteiger partial charge in [-0.05, 0) is 37.5 Å². The third kappa shape index (κ3) is 3.73. The SMILES string of the molecule is CCC(C)(C(=O)N(C)CCc1ccncc1)C(N)=S. The first kappa shape index (κ1) is 15.6. The first-order valence-corrected chi connectivity index (χ1v) is 6.77. The highest BCUT2D eigenvalue weighted by Gasteiger charge is 2.36. The van der Waals surface area contributed by atoms with E-state index in [0.29, 0.717) is 13.0 Å². The van der Waals surface area contributed by atoms with Crippen molar-refractivity contribution in [3.8, 4) is 0 Å². The molecule has 0 saturated carbocycles. The van der Waals surface area contributed by atoms with Crippen LogP contribution in [0.4, 0.5) is 0 Å². The highest BCUT2D eigenvalue weighted by Crippen LogP contribution is 2.24. The van der Waals surface area contributed by atoms with Crippen LogP contribution in [0.1, 0.15) is 25.8 Å². The van der Waals surface area contributed by atoms with Gasteiger partial charge in [0, 0.05) is 26.0 Å². The van der Waals surface area contributed by atoms with E-state index in [0.717, 1.165) is 12.0 Å². The molecule has 2 N–H and O–H groups in total. The van der Waals surface area contributed by atoms with Gasteiger partial charge in [-0.3, -0.25) is 9.78 Å². The van der Waals surface area contributed by atoms with Crippen molar-refractivity contribution < 1.29 is 4.79 Å². The summed E-state index contributed by atoms with van der Waals surface area (Å²) in [5.74, 6) is -0.0171. The van der Waals surface area contributed by atoms with E-state index in [-0.39, 0.29) is 10.9 Å². The molecule has 0 aliphatic carbocycles. The van der Waals surface area contributed by atoms with Crippen molar-refractivity contribution in [3.63, 3.8) is 0 Å². The molecule has 1 unspecified atom stereocenters. The van der Waals surface area contributed by atoms with Gasteiger partial charge in [0.25, 0.3) is 0 Å². The monoisotopic (exact) mass is 279 g/mol. The minimum Gasteiger partial charge on any atom is -0.392 e. The second kappa shape index (κ2) is 6.61. The molecule has 1 heterocycles. The largest absolute Gasteiger partial charge is 0.392 e. The van der Waals surface area contributed by atoms with E-state index in [1.165, 1.54) is 0 Å². The number of rotatable bonds is 6. The van der Waals surface area contributed by atoms with Gasteiger partial charge in [-0.2, -0.15) is 0 Å². The van der Waals surface area contributed by atoms with Crippen LogP contribution in [0.2, 0.25) is 0 Å². The van der Waals surface area contributed by atoms with Crippen LogP contribution in [0.5, 0.6) is 0 Å². The number of pyridine rings is 1. The number of likely N-dealkylation sites (N-methyl/N-ethyl adjacent to an activating group) is 1. The first-order valence-electron chi connectivity index (χ1n) is 6.36. The Morgan fingerprint density at radius 2 is 2.05 bits per heavy atom. The zero-order chi connectivity index (χ0) is 14.5. The first-order chi connectivity index (χ1) is 8.91. The Kier molecular flexibility index (Phi) is 5.42. The van der Waals surface area contributed by atoms with Crippen LogP contribution in [0, 0.1) is 5.41 Å². The zero-order valence-corrected chi connectivity index (χ0v) is 12.5. The second-order valence-electron chi connectivity index (χ2n) is 4.88. The maximum absolute atomic E-state index is 12.4. The fourth-order valence-electron chi connectivity index (χ4n) is 1.80. The van der Waals surface area contributed by atoms with Gasteiger partial charge in [0.2, 0.25) is 5.91 Å². The number of carbonyl (C=O) groups is 1. The third-order valence-electron chi connectivity index (χ3n) is 3.55. The lowest BCUT2D eigenvalue weighted by Gasteiger charge is -2.30. The van der Waals surface area contributed by atoms with Gasteiger partial charge in [0.1, 0.15) is 0 Å². The fourth-order valence-corrected chi connectivity index (χ4v) is 2.03. The van der Waals surface area contributed by atoms with Crippen LogP contribution in [-0.4, -0.2) is 34.4 Å². The van der Waals surface area contributed by atoms with Crippen molar-refractivity contribution in [2.45, 2.75) is 26.7 Å². The summed E-state index contributed by atoms with van der Waals surface area (Å²) in [6.45, 7) is 4.37. The molecular weight excluding hydrogens is 258 g/mol. The van der Waals surface area contributed by atoms with Crippen molar-refractivity contribution >= 4 is 23.1 Å². The van der Waals surface area contributed by atoms with Gasteiger partial charge < -0.3 is 10.6 Å². The van der Waals surface area contributed by atoms with E-state index in [9.17, 15) is 4.79 Å². The second-order valence-corrected chi connectivity index (χ2v) is 5.32. The smallest absolute Gasteiger partial charge is 0.235 e. The average Bonchev–Trinajstić information content (AvgIpc) is 2.43. The number of aromatic nitrogens is 1. The maximum Gasteiger partial charge on any atom is 0.235 e. The number of carbonyl (C=O) groups excluding carboxylic acids is 1. The molecule has 0 aliphatic heterocycles. The minimum atomic E-state index is -0.748. The Bertz CT molecular complexity index is 449. The topological polar surface area (TPSA) is 59.2 Å². The standard InChI is InChI=1S/C14H21N3OS/c1-4-14(2,12(15)19)13(18)17(3)10-7-11-5-8-16-9-6-11/h5-6,8-9H,4,7,10H2,1-3H3,(H2,15,19). The highest BCUT2D eigenvalue weighted by atomic mass is 32.1. The summed E-state index contributed by atoms with van der Waals surface area (Å²) in [6, 6.07) is 3.90. The predicted octanol–water partition coefficient (Wildman–Crippen LogP) is 1.78. The Morgan fingerprint density at radius 1 is 1.47 bits per heavy atom. The van der Waals surface area contributed by atoms with Crippen molar-refractivity contribution in [2.24, 2.45) is 11.1 Å². The summed E-state index contributed by atoms with van der Waals surface area (Å²) >= 11 is 5.02. The lowest BCUT2D eigenvalue weighted by atomic mass is 9.86. The molecule has 0 spiro atoms. The minimum absolute atomic E-state index is 0.0171. The molecule has 0 aromatic carbocycles. The summed E-state index contributed by atoms with van der Waals surface area (Å²) in [6.07, 6.45) is 4.91. The molecule has 1 aromatic heterocycles. The molecule has 4 nitrogen and oxygen atoms in total. The summed E-state index contributed by atoms with van der Waals surface area (Å²) < 4.78 is 0. The molecule has 0 bridgehead atoms. The molecule has 19 heavy (non-hydrogen) atoms. The summed E-state index contributed by atoms with van der Waals surface area (Å²) in [5, 5.41) is 0. The van der Waals surface area contributed by atoms with Crippen LogP contribution in [-0.2, 0) is 11.2 Å². The summed E-state index contributed by atoms with van der Waals surface area (Å²) in [4.78, 5) is 18.3. The molecule has 104 valence electrons. The van der Waals surface area contributed by atoms with Gasteiger partial charge >= 0.3 is 0 Å². The van der Waals surface area contributed by atoms with Crippen LogP contribution in [0.15, 0.2) is 24.5 Å². The van der Waals surface area contributed by atoms with Crippen LogP contribution in [0.3, 0.4) is 0 Å². The van der Waals surface area contributed by atoms with E-state index in [1.807, 2.05) is 19.1 Å². The van der Waals surface area contributed by atoms with Crippen molar-refractivity contribution in [3.05, 3.63) is 30.1 Å². The molecule has 1 atom stereocenters. The maximum atomic E-state index is 12.4. The zero-order valence-electron chi connectivity index (χ0n) is 11.7.